The maximum atomic E-state index is 12.0. The van der Waals surface area contributed by atoms with Gasteiger partial charge in [-0.3, -0.25) is 0 Å². The molecule has 4 nitrogen and oxygen atoms in total. The van der Waals surface area contributed by atoms with Crippen molar-refractivity contribution in [2.75, 3.05) is 5.75 Å². The largest absolute Gasteiger partial charge is 0.393 e. The van der Waals surface area contributed by atoms with Crippen LogP contribution in [0.3, 0.4) is 0 Å². The fourth-order valence-corrected chi connectivity index (χ4v) is 3.80. The van der Waals surface area contributed by atoms with Crippen molar-refractivity contribution < 1.29 is 8.42 Å². The number of rotatable bonds is 7. The molecule has 2 atom stereocenters. The second-order valence-corrected chi connectivity index (χ2v) is 7.11. The van der Waals surface area contributed by atoms with E-state index in [0.717, 1.165) is 5.56 Å². The van der Waals surface area contributed by atoms with Crippen molar-refractivity contribution in [1.82, 2.24) is 4.72 Å². The van der Waals surface area contributed by atoms with Gasteiger partial charge in [-0.25, -0.2) is 13.1 Å². The zero-order valence-electron chi connectivity index (χ0n) is 11.2. The minimum atomic E-state index is -3.34. The third-order valence-corrected chi connectivity index (χ3v) is 4.59. The standard InChI is InChI=1S/C13H20N2O2S2/c1-10(12-6-4-3-5-7-12)9-19(16,17)15-11(2)8-13(14)18/h3-7,10-11,15H,8-9H2,1-2H3,(H2,14,18). The molecule has 1 aromatic carbocycles. The Labute approximate surface area is 120 Å². The van der Waals surface area contributed by atoms with Crippen LogP contribution in [-0.2, 0) is 10.0 Å². The molecule has 19 heavy (non-hydrogen) atoms. The molecule has 1 rings (SSSR count). The van der Waals surface area contributed by atoms with E-state index in [9.17, 15) is 8.42 Å². The SMILES string of the molecule is CC(CC(N)=S)NS(=O)(=O)CC(C)c1ccccc1. The highest BCUT2D eigenvalue weighted by Crippen LogP contribution is 2.16. The van der Waals surface area contributed by atoms with Crippen LogP contribution in [0, 0.1) is 0 Å². The van der Waals surface area contributed by atoms with Crippen LogP contribution >= 0.6 is 12.2 Å². The summed E-state index contributed by atoms with van der Waals surface area (Å²) < 4.78 is 26.6. The van der Waals surface area contributed by atoms with Gasteiger partial charge in [0.25, 0.3) is 0 Å². The summed E-state index contributed by atoms with van der Waals surface area (Å²) in [6, 6.07) is 9.30. The van der Waals surface area contributed by atoms with E-state index < -0.39 is 10.0 Å². The van der Waals surface area contributed by atoms with E-state index in [0.29, 0.717) is 11.4 Å². The quantitative estimate of drug-likeness (QED) is 0.753. The molecule has 106 valence electrons. The number of thiocarbonyl (C=S) groups is 1. The van der Waals surface area contributed by atoms with Crippen LogP contribution in [0.2, 0.25) is 0 Å². The van der Waals surface area contributed by atoms with E-state index in [1.54, 1.807) is 6.92 Å². The summed E-state index contributed by atoms with van der Waals surface area (Å²) in [5.74, 6) is -0.00526. The fourth-order valence-electron chi connectivity index (χ4n) is 1.91. The summed E-state index contributed by atoms with van der Waals surface area (Å²) in [6.07, 6.45) is 0.369. The zero-order chi connectivity index (χ0) is 14.5. The predicted octanol–water partition coefficient (Wildman–Crippen LogP) is 1.77. The zero-order valence-corrected chi connectivity index (χ0v) is 12.8. The summed E-state index contributed by atoms with van der Waals surface area (Å²) in [4.78, 5) is 0.311. The lowest BCUT2D eigenvalue weighted by Crippen LogP contribution is -2.37. The molecular weight excluding hydrogens is 280 g/mol. The Morgan fingerprint density at radius 2 is 1.89 bits per heavy atom. The van der Waals surface area contributed by atoms with E-state index >= 15 is 0 Å². The van der Waals surface area contributed by atoms with Gasteiger partial charge in [0.2, 0.25) is 10.0 Å². The normalized spacial score (nSPS) is 14.8. The molecular formula is C13H20N2O2S2. The Morgan fingerprint density at radius 1 is 1.32 bits per heavy atom. The van der Waals surface area contributed by atoms with Gasteiger partial charge in [-0.2, -0.15) is 0 Å². The molecule has 0 aliphatic heterocycles. The summed E-state index contributed by atoms with van der Waals surface area (Å²) in [6.45, 7) is 3.65. The fraction of sp³-hybridized carbons (Fsp3) is 0.462. The topological polar surface area (TPSA) is 72.2 Å². The molecule has 0 saturated heterocycles. The highest BCUT2D eigenvalue weighted by molar-refractivity contribution is 7.89. The molecule has 0 aliphatic carbocycles. The van der Waals surface area contributed by atoms with Gasteiger partial charge in [-0.05, 0) is 18.4 Å². The lowest BCUT2D eigenvalue weighted by atomic mass is 10.0. The van der Waals surface area contributed by atoms with Crippen LogP contribution < -0.4 is 10.5 Å². The molecule has 0 spiro atoms. The predicted molar refractivity (Wildman–Crippen MR) is 82.6 cm³/mol. The van der Waals surface area contributed by atoms with Crippen molar-refractivity contribution in [3.8, 4) is 0 Å². The van der Waals surface area contributed by atoms with Crippen LogP contribution in [0.5, 0.6) is 0 Å². The highest BCUT2D eigenvalue weighted by atomic mass is 32.2. The first-order valence-electron chi connectivity index (χ1n) is 6.13. The summed E-state index contributed by atoms with van der Waals surface area (Å²) >= 11 is 4.77. The molecule has 3 N–H and O–H groups in total. The number of benzene rings is 1. The third kappa shape index (κ3) is 6.13. The van der Waals surface area contributed by atoms with E-state index in [1.165, 1.54) is 0 Å². The first kappa shape index (κ1) is 16.1. The maximum Gasteiger partial charge on any atom is 0.212 e. The molecule has 1 aromatic rings. The first-order chi connectivity index (χ1) is 8.80. The second-order valence-electron chi connectivity index (χ2n) is 4.78. The van der Waals surface area contributed by atoms with Gasteiger partial charge in [0, 0.05) is 12.5 Å². The summed E-state index contributed by atoms with van der Waals surface area (Å²) in [5, 5.41) is 0. The molecule has 0 saturated carbocycles. The monoisotopic (exact) mass is 300 g/mol. The summed E-state index contributed by atoms with van der Waals surface area (Å²) in [7, 11) is -3.34. The van der Waals surface area contributed by atoms with E-state index in [-0.39, 0.29) is 17.7 Å². The number of sulfonamides is 1. The Bertz CT molecular complexity index is 515. The molecule has 0 aliphatic rings. The minimum absolute atomic E-state index is 0.0543. The maximum absolute atomic E-state index is 12.0. The van der Waals surface area contributed by atoms with Crippen LogP contribution in [0.25, 0.3) is 0 Å². The van der Waals surface area contributed by atoms with Crippen molar-refractivity contribution in [3.63, 3.8) is 0 Å². The van der Waals surface area contributed by atoms with Gasteiger partial charge in [0.05, 0.1) is 10.7 Å². The van der Waals surface area contributed by atoms with E-state index in [1.807, 2.05) is 37.3 Å². The Balaban J connectivity index is 2.62. The number of nitrogens with one attached hydrogen (secondary N) is 1. The van der Waals surface area contributed by atoms with Gasteiger partial charge in [-0.1, -0.05) is 49.5 Å². The highest BCUT2D eigenvalue weighted by Gasteiger charge is 2.19. The van der Waals surface area contributed by atoms with Gasteiger partial charge in [0.15, 0.2) is 0 Å². The molecule has 0 amide bonds. The van der Waals surface area contributed by atoms with Crippen LogP contribution in [0.15, 0.2) is 30.3 Å². The van der Waals surface area contributed by atoms with E-state index in [4.69, 9.17) is 18.0 Å². The number of hydrogen-bond donors (Lipinski definition) is 2. The average Bonchev–Trinajstić information content (AvgIpc) is 2.27. The van der Waals surface area contributed by atoms with Crippen LogP contribution in [0.1, 0.15) is 31.7 Å². The van der Waals surface area contributed by atoms with Gasteiger partial charge in [0.1, 0.15) is 0 Å². The van der Waals surface area contributed by atoms with Gasteiger partial charge < -0.3 is 5.73 Å². The minimum Gasteiger partial charge on any atom is -0.393 e. The lowest BCUT2D eigenvalue weighted by Gasteiger charge is -2.16. The lowest BCUT2D eigenvalue weighted by molar-refractivity contribution is 0.560. The summed E-state index contributed by atoms with van der Waals surface area (Å²) in [5.41, 5.74) is 6.41. The molecule has 2 unspecified atom stereocenters. The van der Waals surface area contributed by atoms with Gasteiger partial charge in [-0.15, -0.1) is 0 Å². The number of hydrogen-bond acceptors (Lipinski definition) is 3. The molecule has 6 heteroatoms. The molecule has 0 fully saturated rings. The Morgan fingerprint density at radius 3 is 2.42 bits per heavy atom. The molecule has 0 radical (unpaired) electrons. The number of nitrogens with two attached hydrogens (primary N) is 1. The van der Waals surface area contributed by atoms with Gasteiger partial charge >= 0.3 is 0 Å². The van der Waals surface area contributed by atoms with Crippen molar-refractivity contribution in [2.24, 2.45) is 5.73 Å². The van der Waals surface area contributed by atoms with Crippen LogP contribution in [-0.4, -0.2) is 25.2 Å². The van der Waals surface area contributed by atoms with Crippen molar-refractivity contribution in [1.29, 1.82) is 0 Å². The Hall–Kier alpha value is -0.980. The van der Waals surface area contributed by atoms with Crippen molar-refractivity contribution in [3.05, 3.63) is 35.9 Å². The Kier molecular flexibility index (Phi) is 5.90. The molecule has 0 bridgehead atoms. The molecule has 0 aromatic heterocycles. The smallest absolute Gasteiger partial charge is 0.212 e. The van der Waals surface area contributed by atoms with E-state index in [2.05, 4.69) is 4.72 Å². The first-order valence-corrected chi connectivity index (χ1v) is 8.19. The molecule has 0 heterocycles. The van der Waals surface area contributed by atoms with Crippen molar-refractivity contribution >= 4 is 27.2 Å². The average molecular weight is 300 g/mol. The van der Waals surface area contributed by atoms with Crippen molar-refractivity contribution in [2.45, 2.75) is 32.2 Å². The van der Waals surface area contributed by atoms with Crippen LogP contribution in [0.4, 0.5) is 0 Å². The third-order valence-electron chi connectivity index (χ3n) is 2.73. The second kappa shape index (κ2) is 6.98.